The van der Waals surface area contributed by atoms with Crippen LogP contribution in [0, 0.1) is 0 Å². The van der Waals surface area contributed by atoms with Gasteiger partial charge in [0.15, 0.2) is 0 Å². The zero-order valence-electron chi connectivity index (χ0n) is 7.27. The van der Waals surface area contributed by atoms with E-state index in [2.05, 4.69) is 15.9 Å². The van der Waals surface area contributed by atoms with Crippen molar-refractivity contribution in [1.82, 2.24) is 0 Å². The third-order valence-corrected chi connectivity index (χ3v) is 2.41. The first kappa shape index (κ1) is 10.3. The van der Waals surface area contributed by atoms with Crippen LogP contribution in [0.1, 0.15) is 18.4 Å². The van der Waals surface area contributed by atoms with Crippen molar-refractivity contribution < 1.29 is 9.90 Å². The predicted octanol–water partition coefficient (Wildman–Crippen LogP) is 2.64. The lowest BCUT2D eigenvalue weighted by molar-refractivity contribution is -0.138. The minimum Gasteiger partial charge on any atom is -0.481 e. The highest BCUT2D eigenvalue weighted by atomic mass is 79.9. The lowest BCUT2D eigenvalue weighted by atomic mass is 9.97. The lowest BCUT2D eigenvalue weighted by Gasteiger charge is -2.14. The van der Waals surface area contributed by atoms with Crippen LogP contribution >= 0.6 is 15.9 Å². The minimum absolute atomic E-state index is 0.0626. The summed E-state index contributed by atoms with van der Waals surface area (Å²) < 4.78 is 0. The number of alkyl halides is 1. The topological polar surface area (TPSA) is 37.3 Å². The van der Waals surface area contributed by atoms with E-state index in [1.54, 1.807) is 0 Å². The molecule has 0 heterocycles. The molecule has 1 rings (SSSR count). The molecule has 0 bridgehead atoms. The van der Waals surface area contributed by atoms with Crippen LogP contribution in [0.25, 0.3) is 0 Å². The van der Waals surface area contributed by atoms with Gasteiger partial charge in [0, 0.05) is 4.83 Å². The summed E-state index contributed by atoms with van der Waals surface area (Å²) in [5, 5.41) is 8.97. The second-order valence-corrected chi connectivity index (χ2v) is 4.35. The molecule has 2 nitrogen and oxygen atoms in total. The number of carboxylic acids is 1. The summed E-state index contributed by atoms with van der Waals surface area (Å²) in [7, 11) is 0. The maximum absolute atomic E-state index is 10.9. The molecule has 0 radical (unpaired) electrons. The Morgan fingerprint density at radius 1 is 1.38 bits per heavy atom. The van der Waals surface area contributed by atoms with Crippen LogP contribution in [-0.2, 0) is 4.79 Å². The minimum atomic E-state index is -0.796. The van der Waals surface area contributed by atoms with Gasteiger partial charge in [0.1, 0.15) is 0 Å². The van der Waals surface area contributed by atoms with Gasteiger partial charge in [0.2, 0.25) is 0 Å². The van der Waals surface area contributed by atoms with Gasteiger partial charge in [0.05, 0.1) is 5.92 Å². The number of rotatable bonds is 3. The number of carbonyl (C=O) groups is 1. The van der Waals surface area contributed by atoms with Gasteiger partial charge in [0.25, 0.3) is 0 Å². The van der Waals surface area contributed by atoms with Crippen LogP contribution < -0.4 is 0 Å². The molecule has 0 aromatic heterocycles. The quantitative estimate of drug-likeness (QED) is 0.828. The van der Waals surface area contributed by atoms with Crippen LogP contribution in [0.2, 0.25) is 0 Å². The number of hydrogen-bond acceptors (Lipinski definition) is 1. The molecule has 0 amide bonds. The Kier molecular flexibility index (Phi) is 3.48. The van der Waals surface area contributed by atoms with Crippen molar-refractivity contribution in [3.8, 4) is 0 Å². The average molecular weight is 243 g/mol. The Morgan fingerprint density at radius 3 is 2.31 bits per heavy atom. The van der Waals surface area contributed by atoms with Gasteiger partial charge in [-0.15, -0.1) is 0 Å². The Morgan fingerprint density at radius 2 is 1.92 bits per heavy atom. The molecule has 2 atom stereocenters. The van der Waals surface area contributed by atoms with Gasteiger partial charge in [-0.25, -0.2) is 0 Å². The number of hydrogen-bond donors (Lipinski definition) is 1. The van der Waals surface area contributed by atoms with E-state index in [9.17, 15) is 4.79 Å². The zero-order valence-corrected chi connectivity index (χ0v) is 8.86. The molecule has 1 N–H and O–H groups in total. The fourth-order valence-electron chi connectivity index (χ4n) is 1.26. The standard InChI is InChI=1S/C10H11BrO2/c1-7(11)9(10(12)13)8-5-3-2-4-6-8/h2-7,9H,1H3,(H,12,13). The van der Waals surface area contributed by atoms with E-state index in [1.807, 2.05) is 37.3 Å². The first-order chi connectivity index (χ1) is 6.13. The highest BCUT2D eigenvalue weighted by Gasteiger charge is 2.23. The maximum atomic E-state index is 10.9. The molecule has 13 heavy (non-hydrogen) atoms. The summed E-state index contributed by atoms with van der Waals surface area (Å²) in [5.41, 5.74) is 0.833. The van der Waals surface area contributed by atoms with Crippen LogP contribution in [0.3, 0.4) is 0 Å². The smallest absolute Gasteiger partial charge is 0.312 e. The van der Waals surface area contributed by atoms with Gasteiger partial charge in [-0.05, 0) is 5.56 Å². The molecule has 0 saturated carbocycles. The normalized spacial score (nSPS) is 14.9. The van der Waals surface area contributed by atoms with Crippen LogP contribution in [0.5, 0.6) is 0 Å². The van der Waals surface area contributed by atoms with Crippen molar-refractivity contribution in [2.75, 3.05) is 0 Å². The fraction of sp³-hybridized carbons (Fsp3) is 0.300. The Hall–Kier alpha value is -0.830. The first-order valence-corrected chi connectivity index (χ1v) is 4.96. The molecular weight excluding hydrogens is 232 g/mol. The van der Waals surface area contributed by atoms with E-state index in [0.717, 1.165) is 5.56 Å². The molecule has 0 aliphatic rings. The van der Waals surface area contributed by atoms with Crippen molar-refractivity contribution in [1.29, 1.82) is 0 Å². The second kappa shape index (κ2) is 4.42. The lowest BCUT2D eigenvalue weighted by Crippen LogP contribution is -2.19. The molecule has 1 aromatic rings. The molecule has 0 spiro atoms. The van der Waals surface area contributed by atoms with Gasteiger partial charge in [-0.2, -0.15) is 0 Å². The van der Waals surface area contributed by atoms with E-state index in [-0.39, 0.29) is 4.83 Å². The summed E-state index contributed by atoms with van der Waals surface area (Å²) in [6, 6.07) is 9.23. The number of aliphatic carboxylic acids is 1. The van der Waals surface area contributed by atoms with Gasteiger partial charge in [-0.3, -0.25) is 4.79 Å². The Balaban J connectivity index is 2.96. The summed E-state index contributed by atoms with van der Waals surface area (Å²) in [6.07, 6.45) is 0. The molecule has 0 aliphatic carbocycles. The zero-order chi connectivity index (χ0) is 9.84. The van der Waals surface area contributed by atoms with Gasteiger partial charge < -0.3 is 5.11 Å². The molecular formula is C10H11BrO2. The van der Waals surface area contributed by atoms with Crippen LogP contribution in [0.4, 0.5) is 0 Å². The fourth-order valence-corrected chi connectivity index (χ4v) is 1.80. The molecule has 0 fully saturated rings. The highest BCUT2D eigenvalue weighted by molar-refractivity contribution is 9.09. The molecule has 2 unspecified atom stereocenters. The second-order valence-electron chi connectivity index (χ2n) is 2.90. The monoisotopic (exact) mass is 242 g/mol. The molecule has 70 valence electrons. The maximum Gasteiger partial charge on any atom is 0.312 e. The third kappa shape index (κ3) is 2.56. The number of halogens is 1. The summed E-state index contributed by atoms with van der Waals surface area (Å²) >= 11 is 3.30. The largest absolute Gasteiger partial charge is 0.481 e. The van der Waals surface area contributed by atoms with Crippen molar-refractivity contribution in [3.63, 3.8) is 0 Å². The van der Waals surface area contributed by atoms with E-state index in [0.29, 0.717) is 0 Å². The first-order valence-electron chi connectivity index (χ1n) is 4.04. The average Bonchev–Trinajstić information content (AvgIpc) is 2.04. The van der Waals surface area contributed by atoms with E-state index >= 15 is 0 Å². The predicted molar refractivity (Wildman–Crippen MR) is 55.2 cm³/mol. The van der Waals surface area contributed by atoms with Crippen LogP contribution in [-0.4, -0.2) is 15.9 Å². The van der Waals surface area contributed by atoms with Crippen molar-refractivity contribution >= 4 is 21.9 Å². The summed E-state index contributed by atoms with van der Waals surface area (Å²) in [5.74, 6) is -1.27. The molecule has 0 aliphatic heterocycles. The van der Waals surface area contributed by atoms with Crippen LogP contribution in [0.15, 0.2) is 30.3 Å². The number of carboxylic acid groups (broad SMARTS) is 1. The third-order valence-electron chi connectivity index (χ3n) is 1.88. The van der Waals surface area contributed by atoms with Crippen molar-refractivity contribution in [2.45, 2.75) is 17.7 Å². The number of benzene rings is 1. The summed E-state index contributed by atoms with van der Waals surface area (Å²) in [6.45, 7) is 1.84. The molecule has 1 aromatic carbocycles. The molecule has 0 saturated heterocycles. The SMILES string of the molecule is CC(Br)C(C(=O)O)c1ccccc1. The summed E-state index contributed by atoms with van der Waals surface area (Å²) in [4.78, 5) is 10.8. The van der Waals surface area contributed by atoms with Crippen molar-refractivity contribution in [2.24, 2.45) is 0 Å². The highest BCUT2D eigenvalue weighted by Crippen LogP contribution is 2.24. The van der Waals surface area contributed by atoms with Gasteiger partial charge >= 0.3 is 5.97 Å². The Bertz CT molecular complexity index is 282. The Labute approximate surface area is 85.7 Å². The van der Waals surface area contributed by atoms with E-state index in [1.165, 1.54) is 0 Å². The van der Waals surface area contributed by atoms with E-state index < -0.39 is 11.9 Å². The molecule has 3 heteroatoms. The van der Waals surface area contributed by atoms with Crippen molar-refractivity contribution in [3.05, 3.63) is 35.9 Å². The van der Waals surface area contributed by atoms with E-state index in [4.69, 9.17) is 5.11 Å². The van der Waals surface area contributed by atoms with Gasteiger partial charge in [-0.1, -0.05) is 53.2 Å².